The molecule has 1 N–H and O–H groups in total. The Labute approximate surface area is 134 Å². The van der Waals surface area contributed by atoms with Gasteiger partial charge in [-0.05, 0) is 35.7 Å². The summed E-state index contributed by atoms with van der Waals surface area (Å²) in [6, 6.07) is 8.69. The van der Waals surface area contributed by atoms with Crippen molar-refractivity contribution in [3.8, 4) is 0 Å². The van der Waals surface area contributed by atoms with E-state index >= 15 is 0 Å². The Hall–Kier alpha value is -1.10. The van der Waals surface area contributed by atoms with Crippen molar-refractivity contribution in [2.75, 3.05) is 0 Å². The maximum atomic E-state index is 11.5. The molecule has 3 nitrogen and oxygen atoms in total. The number of aliphatic carboxylic acids is 1. The van der Waals surface area contributed by atoms with Gasteiger partial charge in [-0.3, -0.25) is 4.79 Å². The Bertz CT molecular complexity index is 632. The van der Waals surface area contributed by atoms with Crippen molar-refractivity contribution in [3.05, 3.63) is 62.3 Å². The minimum absolute atomic E-state index is 0.264. The molecule has 1 aromatic carbocycles. The van der Waals surface area contributed by atoms with Crippen molar-refractivity contribution in [1.29, 1.82) is 0 Å². The number of carboxylic acids is 1. The Balaban J connectivity index is 2.30. The van der Waals surface area contributed by atoms with Gasteiger partial charge in [-0.25, -0.2) is 4.98 Å². The van der Waals surface area contributed by atoms with Crippen LogP contribution in [0.15, 0.2) is 41.0 Å². The summed E-state index contributed by atoms with van der Waals surface area (Å²) in [5.74, 6) is -1.58. The monoisotopic (exact) mass is 373 g/mol. The topological polar surface area (TPSA) is 50.2 Å². The number of halogens is 3. The van der Waals surface area contributed by atoms with Gasteiger partial charge in [0, 0.05) is 15.7 Å². The maximum Gasteiger partial charge on any atom is 0.311 e. The first-order valence-corrected chi connectivity index (χ1v) is 7.30. The van der Waals surface area contributed by atoms with Crippen LogP contribution in [0.1, 0.15) is 17.0 Å². The summed E-state index contributed by atoms with van der Waals surface area (Å²) in [7, 11) is 0. The second kappa shape index (κ2) is 6.57. The van der Waals surface area contributed by atoms with Crippen molar-refractivity contribution in [2.45, 2.75) is 12.3 Å². The van der Waals surface area contributed by atoms with Gasteiger partial charge in [0.15, 0.2) is 0 Å². The quantitative estimate of drug-likeness (QED) is 0.798. The molecule has 1 aromatic heterocycles. The van der Waals surface area contributed by atoms with Gasteiger partial charge >= 0.3 is 5.97 Å². The largest absolute Gasteiger partial charge is 0.481 e. The SMILES string of the molecule is O=C(O)C(Cc1cnc(Cl)cc1Cl)c1ccc(Br)cc1. The summed E-state index contributed by atoms with van der Waals surface area (Å²) >= 11 is 15.1. The number of pyridine rings is 1. The molecule has 1 unspecified atom stereocenters. The van der Waals surface area contributed by atoms with Crippen LogP contribution in [0.4, 0.5) is 0 Å². The van der Waals surface area contributed by atoms with Crippen molar-refractivity contribution >= 4 is 45.1 Å². The van der Waals surface area contributed by atoms with Crippen LogP contribution < -0.4 is 0 Å². The molecule has 0 aliphatic carbocycles. The molecule has 1 heterocycles. The van der Waals surface area contributed by atoms with Crippen LogP contribution in [-0.2, 0) is 11.2 Å². The van der Waals surface area contributed by atoms with E-state index in [2.05, 4.69) is 20.9 Å². The number of hydrogen-bond acceptors (Lipinski definition) is 2. The predicted molar refractivity (Wildman–Crippen MR) is 82.5 cm³/mol. The smallest absolute Gasteiger partial charge is 0.311 e. The zero-order valence-electron chi connectivity index (χ0n) is 10.2. The number of nitrogens with zero attached hydrogens (tertiary/aromatic N) is 1. The molecule has 1 atom stereocenters. The molecule has 0 aliphatic heterocycles. The van der Waals surface area contributed by atoms with E-state index < -0.39 is 11.9 Å². The lowest BCUT2D eigenvalue weighted by atomic mass is 9.93. The summed E-state index contributed by atoms with van der Waals surface area (Å²) in [5.41, 5.74) is 1.37. The zero-order valence-corrected chi connectivity index (χ0v) is 13.3. The van der Waals surface area contributed by atoms with Gasteiger partial charge in [0.05, 0.1) is 5.92 Å². The predicted octanol–water partition coefficient (Wildman–Crippen LogP) is 4.56. The lowest BCUT2D eigenvalue weighted by Gasteiger charge is -2.14. The van der Waals surface area contributed by atoms with Crippen LogP contribution in [0.3, 0.4) is 0 Å². The lowest BCUT2D eigenvalue weighted by molar-refractivity contribution is -0.138. The second-order valence-electron chi connectivity index (χ2n) is 4.24. The summed E-state index contributed by atoms with van der Waals surface area (Å²) in [5, 5.41) is 10.1. The van der Waals surface area contributed by atoms with Crippen LogP contribution in [0.5, 0.6) is 0 Å². The maximum absolute atomic E-state index is 11.5. The number of rotatable bonds is 4. The average molecular weight is 375 g/mol. The number of carboxylic acid groups (broad SMARTS) is 1. The molecule has 0 bridgehead atoms. The second-order valence-corrected chi connectivity index (χ2v) is 5.96. The minimum Gasteiger partial charge on any atom is -0.481 e. The van der Waals surface area contributed by atoms with Crippen molar-refractivity contribution in [2.24, 2.45) is 0 Å². The first-order chi connectivity index (χ1) is 9.47. The standard InChI is InChI=1S/C14H10BrCl2NO2/c15-10-3-1-8(2-4-10)11(14(19)20)5-9-7-18-13(17)6-12(9)16/h1-4,6-7,11H,5H2,(H,19,20). The van der Waals surface area contributed by atoms with Crippen molar-refractivity contribution in [3.63, 3.8) is 0 Å². The van der Waals surface area contributed by atoms with Crippen molar-refractivity contribution < 1.29 is 9.90 Å². The Kier molecular flexibility index (Phi) is 5.02. The molecular weight excluding hydrogens is 365 g/mol. The lowest BCUT2D eigenvalue weighted by Crippen LogP contribution is -2.14. The molecule has 6 heteroatoms. The van der Waals surface area contributed by atoms with Crippen LogP contribution >= 0.6 is 39.1 Å². The first-order valence-electron chi connectivity index (χ1n) is 5.75. The molecule has 0 aliphatic rings. The molecule has 0 amide bonds. The summed E-state index contributed by atoms with van der Waals surface area (Å²) in [4.78, 5) is 15.4. The van der Waals surface area contributed by atoms with E-state index in [1.165, 1.54) is 12.3 Å². The van der Waals surface area contributed by atoms with E-state index in [0.29, 0.717) is 16.1 Å². The normalized spacial score (nSPS) is 12.2. The highest BCUT2D eigenvalue weighted by Gasteiger charge is 2.21. The van der Waals surface area contributed by atoms with Crippen LogP contribution in [0.25, 0.3) is 0 Å². The number of benzene rings is 1. The first kappa shape index (κ1) is 15.3. The third-order valence-corrected chi connectivity index (χ3v) is 3.98. The van der Waals surface area contributed by atoms with Gasteiger partial charge in [-0.15, -0.1) is 0 Å². The summed E-state index contributed by atoms with van der Waals surface area (Å²) in [6.45, 7) is 0. The molecule has 104 valence electrons. The van der Waals surface area contributed by atoms with Gasteiger partial charge < -0.3 is 5.11 Å². The highest BCUT2D eigenvalue weighted by molar-refractivity contribution is 9.10. The molecule has 0 spiro atoms. The zero-order chi connectivity index (χ0) is 14.7. The minimum atomic E-state index is -0.904. The fourth-order valence-corrected chi connectivity index (χ4v) is 2.56. The molecule has 2 aromatic rings. The van der Waals surface area contributed by atoms with E-state index in [9.17, 15) is 9.90 Å². The van der Waals surface area contributed by atoms with Gasteiger partial charge in [0.1, 0.15) is 5.15 Å². The molecule has 0 radical (unpaired) electrons. The van der Waals surface area contributed by atoms with Gasteiger partial charge in [0.2, 0.25) is 0 Å². The number of hydrogen-bond donors (Lipinski definition) is 1. The van der Waals surface area contributed by atoms with Gasteiger partial charge in [0.25, 0.3) is 0 Å². The highest BCUT2D eigenvalue weighted by atomic mass is 79.9. The molecule has 2 rings (SSSR count). The van der Waals surface area contributed by atoms with E-state index in [0.717, 1.165) is 4.47 Å². The van der Waals surface area contributed by atoms with Gasteiger partial charge in [-0.1, -0.05) is 51.3 Å². The Morgan fingerprint density at radius 1 is 1.30 bits per heavy atom. The molecular formula is C14H10BrCl2NO2. The molecule has 20 heavy (non-hydrogen) atoms. The van der Waals surface area contributed by atoms with Crippen LogP contribution in [-0.4, -0.2) is 16.1 Å². The number of aromatic nitrogens is 1. The number of carbonyl (C=O) groups is 1. The van der Waals surface area contributed by atoms with Gasteiger partial charge in [-0.2, -0.15) is 0 Å². The highest BCUT2D eigenvalue weighted by Crippen LogP contribution is 2.27. The van der Waals surface area contributed by atoms with E-state index in [4.69, 9.17) is 23.2 Å². The van der Waals surface area contributed by atoms with Crippen LogP contribution in [0.2, 0.25) is 10.2 Å². The van der Waals surface area contributed by atoms with E-state index in [1.54, 1.807) is 12.1 Å². The third kappa shape index (κ3) is 3.72. The summed E-state index contributed by atoms with van der Waals surface area (Å²) < 4.78 is 0.900. The van der Waals surface area contributed by atoms with Crippen LogP contribution in [0, 0.1) is 0 Å². The molecule has 0 saturated carbocycles. The third-order valence-electron chi connectivity index (χ3n) is 2.89. The average Bonchev–Trinajstić information content (AvgIpc) is 2.39. The Morgan fingerprint density at radius 2 is 1.95 bits per heavy atom. The Morgan fingerprint density at radius 3 is 2.50 bits per heavy atom. The van der Waals surface area contributed by atoms with E-state index in [1.807, 2.05) is 12.1 Å². The van der Waals surface area contributed by atoms with Crippen molar-refractivity contribution in [1.82, 2.24) is 4.98 Å². The summed E-state index contributed by atoms with van der Waals surface area (Å²) in [6.07, 6.45) is 1.78. The molecule has 0 saturated heterocycles. The fourth-order valence-electron chi connectivity index (χ4n) is 1.85. The fraction of sp³-hybridized carbons (Fsp3) is 0.143. The van der Waals surface area contributed by atoms with E-state index in [-0.39, 0.29) is 11.6 Å². The molecule has 0 fully saturated rings.